The van der Waals surface area contributed by atoms with Gasteiger partial charge in [-0.2, -0.15) is 13.2 Å². The van der Waals surface area contributed by atoms with Crippen LogP contribution in [0.4, 0.5) is 13.2 Å². The van der Waals surface area contributed by atoms with Crippen LogP contribution >= 0.6 is 0 Å². The molecule has 0 bridgehead atoms. The maximum Gasteiger partial charge on any atom is 0.416 e. The van der Waals surface area contributed by atoms with Crippen LogP contribution in [0.1, 0.15) is 33.9 Å². The first-order valence-electron chi connectivity index (χ1n) is 11.0. The van der Waals surface area contributed by atoms with Gasteiger partial charge in [0, 0.05) is 30.2 Å². The summed E-state index contributed by atoms with van der Waals surface area (Å²) in [5.41, 5.74) is 2.92. The molecule has 2 N–H and O–H groups in total. The van der Waals surface area contributed by atoms with E-state index in [0.29, 0.717) is 28.8 Å². The average molecular weight is 483 g/mol. The minimum Gasteiger partial charge on any atom is -0.497 e. The van der Waals surface area contributed by atoms with Crippen LogP contribution in [-0.4, -0.2) is 22.8 Å². The fourth-order valence-electron chi connectivity index (χ4n) is 4.31. The number of carboxylic acids is 1. The Kier molecular flexibility index (Phi) is 6.84. The van der Waals surface area contributed by atoms with Crippen molar-refractivity contribution >= 4 is 16.9 Å². The zero-order valence-electron chi connectivity index (χ0n) is 19.3. The van der Waals surface area contributed by atoms with Crippen LogP contribution in [0.15, 0.2) is 72.9 Å². The molecule has 8 heteroatoms. The van der Waals surface area contributed by atoms with Crippen molar-refractivity contribution < 1.29 is 27.8 Å². The van der Waals surface area contributed by atoms with E-state index in [1.165, 1.54) is 12.1 Å². The van der Waals surface area contributed by atoms with Gasteiger partial charge in [0.25, 0.3) is 0 Å². The largest absolute Gasteiger partial charge is 0.497 e. The molecule has 0 saturated carbocycles. The van der Waals surface area contributed by atoms with E-state index in [0.717, 1.165) is 28.8 Å². The maximum absolute atomic E-state index is 13.1. The fraction of sp³-hybridized carbons (Fsp3) is 0.222. The monoisotopic (exact) mass is 482 g/mol. The molecule has 0 radical (unpaired) electrons. The third-order valence-corrected chi connectivity index (χ3v) is 5.92. The summed E-state index contributed by atoms with van der Waals surface area (Å²) < 4.78 is 46.7. The molecule has 0 aliphatic rings. The lowest BCUT2D eigenvalue weighted by Crippen LogP contribution is -2.28. The second kappa shape index (κ2) is 9.84. The third-order valence-electron chi connectivity index (χ3n) is 5.92. The summed E-state index contributed by atoms with van der Waals surface area (Å²) in [6.45, 7) is 2.42. The van der Waals surface area contributed by atoms with Crippen LogP contribution in [0, 0.1) is 6.92 Å². The Morgan fingerprint density at radius 1 is 1.06 bits per heavy atom. The third kappa shape index (κ3) is 5.33. The van der Waals surface area contributed by atoms with Gasteiger partial charge in [0.05, 0.1) is 18.2 Å². The second-order valence-corrected chi connectivity index (χ2v) is 8.39. The smallest absolute Gasteiger partial charge is 0.416 e. The van der Waals surface area contributed by atoms with Crippen molar-refractivity contribution in [2.24, 2.45) is 0 Å². The van der Waals surface area contributed by atoms with Gasteiger partial charge in [-0.15, -0.1) is 0 Å². The SMILES string of the molecule is COc1cc(C)c2c(c1)c(C(NCc1cccc(C(F)(F)F)c1)C(=O)O)cn2Cc1ccccc1. The number of hydrogen-bond acceptors (Lipinski definition) is 3. The number of aromatic nitrogens is 1. The Morgan fingerprint density at radius 2 is 1.77 bits per heavy atom. The Morgan fingerprint density at radius 3 is 2.43 bits per heavy atom. The van der Waals surface area contributed by atoms with Crippen LogP contribution < -0.4 is 10.1 Å². The molecule has 0 saturated heterocycles. The van der Waals surface area contributed by atoms with Gasteiger partial charge in [0.2, 0.25) is 0 Å². The number of carboxylic acid groups (broad SMARTS) is 1. The lowest BCUT2D eigenvalue weighted by Gasteiger charge is -2.15. The molecule has 4 aromatic rings. The zero-order valence-corrected chi connectivity index (χ0v) is 19.3. The maximum atomic E-state index is 13.1. The summed E-state index contributed by atoms with van der Waals surface area (Å²) in [6.07, 6.45) is -2.68. The molecule has 1 unspecified atom stereocenters. The van der Waals surface area contributed by atoms with Gasteiger partial charge >= 0.3 is 12.1 Å². The van der Waals surface area contributed by atoms with Crippen molar-refractivity contribution in [1.82, 2.24) is 9.88 Å². The van der Waals surface area contributed by atoms with Gasteiger partial charge in [-0.1, -0.05) is 48.5 Å². The van der Waals surface area contributed by atoms with E-state index in [1.54, 1.807) is 19.4 Å². The number of alkyl halides is 3. The van der Waals surface area contributed by atoms with E-state index in [9.17, 15) is 23.1 Å². The summed E-state index contributed by atoms with van der Waals surface area (Å²) >= 11 is 0. The molecule has 5 nitrogen and oxygen atoms in total. The quantitative estimate of drug-likeness (QED) is 0.326. The number of hydrogen-bond donors (Lipinski definition) is 2. The van der Waals surface area contributed by atoms with Gasteiger partial charge in [0.15, 0.2) is 0 Å². The predicted octanol–water partition coefficient (Wildman–Crippen LogP) is 5.94. The van der Waals surface area contributed by atoms with Crippen molar-refractivity contribution in [2.45, 2.75) is 32.2 Å². The van der Waals surface area contributed by atoms with Gasteiger partial charge < -0.3 is 14.4 Å². The van der Waals surface area contributed by atoms with E-state index in [4.69, 9.17) is 4.74 Å². The predicted molar refractivity (Wildman–Crippen MR) is 127 cm³/mol. The molecular formula is C27H25F3N2O3. The van der Waals surface area contributed by atoms with Crippen LogP contribution in [0.3, 0.4) is 0 Å². The second-order valence-electron chi connectivity index (χ2n) is 8.39. The lowest BCUT2D eigenvalue weighted by atomic mass is 10.0. The first kappa shape index (κ1) is 24.3. The number of methoxy groups -OCH3 is 1. The summed E-state index contributed by atoms with van der Waals surface area (Å²) in [5, 5.41) is 13.7. The highest BCUT2D eigenvalue weighted by atomic mass is 19.4. The van der Waals surface area contributed by atoms with E-state index in [1.807, 2.05) is 47.9 Å². The summed E-state index contributed by atoms with van der Waals surface area (Å²) in [6, 6.07) is 17.2. The molecular weight excluding hydrogens is 457 g/mol. The zero-order chi connectivity index (χ0) is 25.2. The molecule has 1 heterocycles. The van der Waals surface area contributed by atoms with Crippen LogP contribution in [0.2, 0.25) is 0 Å². The molecule has 4 rings (SSSR count). The number of ether oxygens (including phenoxy) is 1. The minimum absolute atomic E-state index is 0.0464. The average Bonchev–Trinajstić information content (AvgIpc) is 3.17. The number of rotatable bonds is 8. The van der Waals surface area contributed by atoms with Gasteiger partial charge in [-0.05, 0) is 41.8 Å². The number of carbonyl (C=O) groups is 1. The Balaban J connectivity index is 1.74. The number of aliphatic carboxylic acids is 1. The standard InChI is InChI=1S/C27H25F3N2O3/c1-17-11-21(35-2)13-22-23(16-32(25(17)22)15-18-7-4-3-5-8-18)24(26(33)34)31-14-19-9-6-10-20(12-19)27(28,29)30/h3-13,16,24,31H,14-15H2,1-2H3,(H,33,34). The highest BCUT2D eigenvalue weighted by Crippen LogP contribution is 2.34. The number of aryl methyl sites for hydroxylation is 1. The number of fused-ring (bicyclic) bond motifs is 1. The molecule has 35 heavy (non-hydrogen) atoms. The molecule has 0 amide bonds. The van der Waals surface area contributed by atoms with E-state index in [-0.39, 0.29) is 6.54 Å². The lowest BCUT2D eigenvalue weighted by molar-refractivity contribution is -0.140. The highest BCUT2D eigenvalue weighted by molar-refractivity contribution is 5.92. The van der Waals surface area contributed by atoms with E-state index >= 15 is 0 Å². The van der Waals surface area contributed by atoms with Crippen molar-refractivity contribution in [3.63, 3.8) is 0 Å². The summed E-state index contributed by atoms with van der Waals surface area (Å²) in [5.74, 6) is -0.535. The van der Waals surface area contributed by atoms with Crippen molar-refractivity contribution in [3.8, 4) is 5.75 Å². The highest BCUT2D eigenvalue weighted by Gasteiger charge is 2.31. The Labute approximate surface area is 200 Å². The Hall–Kier alpha value is -3.78. The summed E-state index contributed by atoms with van der Waals surface area (Å²) in [7, 11) is 1.54. The van der Waals surface area contributed by atoms with Crippen LogP contribution in [0.5, 0.6) is 5.75 Å². The van der Waals surface area contributed by atoms with Gasteiger partial charge in [-0.25, -0.2) is 0 Å². The molecule has 0 fully saturated rings. The number of benzene rings is 3. The normalized spacial score (nSPS) is 12.6. The van der Waals surface area contributed by atoms with E-state index in [2.05, 4.69) is 5.32 Å². The fourth-order valence-corrected chi connectivity index (χ4v) is 4.31. The number of nitrogens with zero attached hydrogens (tertiary/aromatic N) is 1. The molecule has 1 aromatic heterocycles. The Bertz CT molecular complexity index is 1350. The molecule has 0 spiro atoms. The minimum atomic E-state index is -4.47. The van der Waals surface area contributed by atoms with Gasteiger partial charge in [-0.3, -0.25) is 10.1 Å². The van der Waals surface area contributed by atoms with E-state index < -0.39 is 23.8 Å². The molecule has 0 aliphatic carbocycles. The molecule has 1 atom stereocenters. The topological polar surface area (TPSA) is 63.5 Å². The number of halogens is 3. The van der Waals surface area contributed by atoms with Crippen LogP contribution in [-0.2, 0) is 24.1 Å². The molecule has 182 valence electrons. The molecule has 0 aliphatic heterocycles. The van der Waals surface area contributed by atoms with Crippen molar-refractivity contribution in [3.05, 3.63) is 101 Å². The van der Waals surface area contributed by atoms with Gasteiger partial charge in [0.1, 0.15) is 11.8 Å². The first-order chi connectivity index (χ1) is 16.7. The molecule has 3 aromatic carbocycles. The van der Waals surface area contributed by atoms with Crippen LogP contribution in [0.25, 0.3) is 10.9 Å². The summed E-state index contributed by atoms with van der Waals surface area (Å²) in [4.78, 5) is 12.3. The van der Waals surface area contributed by atoms with Crippen molar-refractivity contribution in [1.29, 1.82) is 0 Å². The van der Waals surface area contributed by atoms with Crippen molar-refractivity contribution in [2.75, 3.05) is 7.11 Å². The number of nitrogens with one attached hydrogen (secondary N) is 1. The first-order valence-corrected chi connectivity index (χ1v) is 11.0.